The molecule has 1 fully saturated rings. The Balaban J connectivity index is 1.42. The molecule has 3 heterocycles. The van der Waals surface area contributed by atoms with E-state index < -0.39 is 12.1 Å². The van der Waals surface area contributed by atoms with E-state index in [4.69, 9.17) is 5.73 Å². The van der Waals surface area contributed by atoms with Gasteiger partial charge in [0.05, 0.1) is 12.1 Å². The van der Waals surface area contributed by atoms with Crippen molar-refractivity contribution < 1.29 is 9.59 Å². The number of pyridine rings is 1. The topological polar surface area (TPSA) is 92.7 Å². The molecule has 0 spiro atoms. The maximum absolute atomic E-state index is 12.8. The first-order valence-electron chi connectivity index (χ1n) is 9.82. The average Bonchev–Trinajstić information content (AvgIpc) is 3.39. The fourth-order valence-electron chi connectivity index (χ4n) is 4.09. The van der Waals surface area contributed by atoms with Crippen molar-refractivity contribution in [2.75, 3.05) is 6.54 Å². The van der Waals surface area contributed by atoms with E-state index in [0.29, 0.717) is 19.5 Å². The summed E-state index contributed by atoms with van der Waals surface area (Å²) in [6.45, 7) is 2.87. The predicted molar refractivity (Wildman–Crippen MR) is 110 cm³/mol. The summed E-state index contributed by atoms with van der Waals surface area (Å²) in [5.74, 6) is -0.312. The molecular formula is C22H25N5O2. The molecular weight excluding hydrogens is 366 g/mol. The van der Waals surface area contributed by atoms with Gasteiger partial charge in [-0.2, -0.15) is 0 Å². The molecule has 0 aliphatic carbocycles. The molecule has 0 bridgehead atoms. The molecule has 0 saturated carbocycles. The van der Waals surface area contributed by atoms with Crippen LogP contribution in [0.2, 0.25) is 0 Å². The number of carbonyl (C=O) groups is 2. The molecule has 29 heavy (non-hydrogen) atoms. The number of likely N-dealkylation sites (tertiary alicyclic amines) is 1. The van der Waals surface area contributed by atoms with Crippen molar-refractivity contribution in [1.82, 2.24) is 19.6 Å². The van der Waals surface area contributed by atoms with Gasteiger partial charge in [0.25, 0.3) is 0 Å². The van der Waals surface area contributed by atoms with E-state index in [-0.39, 0.29) is 17.7 Å². The molecule has 7 heteroatoms. The van der Waals surface area contributed by atoms with Gasteiger partial charge in [-0.1, -0.05) is 30.3 Å². The number of primary amides is 1. The molecule has 1 saturated heterocycles. The van der Waals surface area contributed by atoms with E-state index in [0.717, 1.165) is 11.2 Å². The molecule has 0 radical (unpaired) electrons. The van der Waals surface area contributed by atoms with Crippen molar-refractivity contribution >= 4 is 17.5 Å². The second-order valence-electron chi connectivity index (χ2n) is 7.58. The van der Waals surface area contributed by atoms with Crippen LogP contribution < -0.4 is 11.1 Å². The zero-order valence-corrected chi connectivity index (χ0v) is 16.4. The molecule has 2 amide bonds. The minimum Gasteiger partial charge on any atom is -0.368 e. The van der Waals surface area contributed by atoms with E-state index in [1.54, 1.807) is 6.20 Å². The molecule has 3 atom stereocenters. The van der Waals surface area contributed by atoms with Gasteiger partial charge in [0.1, 0.15) is 5.65 Å². The Morgan fingerprint density at radius 1 is 1.24 bits per heavy atom. The number of nitrogens with two attached hydrogens (primary N) is 1. The first-order chi connectivity index (χ1) is 14.0. The monoisotopic (exact) mass is 391 g/mol. The molecule has 1 aliphatic heterocycles. The quantitative estimate of drug-likeness (QED) is 0.669. The summed E-state index contributed by atoms with van der Waals surface area (Å²) in [6, 6.07) is 13.1. The maximum atomic E-state index is 12.8. The fourth-order valence-corrected chi connectivity index (χ4v) is 4.09. The standard InChI is InChI=1S/C22H25N5O2/c1-15(22(29)25-13-16-7-9-26-10-8-24-20(26)11-16)27-14-18(12-19(27)21(23)28)17-5-3-2-4-6-17/h2-11,15,18-19H,12-14H2,1H3,(H2,23,28)(H,25,29)/t15-,18?,19?/m0/s1. The number of aromatic nitrogens is 2. The van der Waals surface area contributed by atoms with Crippen LogP contribution >= 0.6 is 0 Å². The van der Waals surface area contributed by atoms with Crippen LogP contribution in [0.15, 0.2) is 61.1 Å². The normalized spacial score (nSPS) is 20.6. The summed E-state index contributed by atoms with van der Waals surface area (Å²) < 4.78 is 1.92. The van der Waals surface area contributed by atoms with Crippen molar-refractivity contribution in [2.24, 2.45) is 5.73 Å². The first-order valence-corrected chi connectivity index (χ1v) is 9.82. The number of rotatable bonds is 6. The van der Waals surface area contributed by atoms with E-state index in [9.17, 15) is 9.59 Å². The fraction of sp³-hybridized carbons (Fsp3) is 0.318. The van der Waals surface area contributed by atoms with Crippen LogP contribution in [0.25, 0.3) is 5.65 Å². The van der Waals surface area contributed by atoms with Gasteiger partial charge in [-0.25, -0.2) is 4.98 Å². The number of amides is 2. The number of hydrogen-bond acceptors (Lipinski definition) is 4. The minimum absolute atomic E-state index is 0.117. The summed E-state index contributed by atoms with van der Waals surface area (Å²) in [4.78, 5) is 31.0. The van der Waals surface area contributed by atoms with Crippen molar-refractivity contribution in [1.29, 1.82) is 0 Å². The summed E-state index contributed by atoms with van der Waals surface area (Å²) in [6.07, 6.45) is 6.16. The highest BCUT2D eigenvalue weighted by Crippen LogP contribution is 2.33. The van der Waals surface area contributed by atoms with Gasteiger partial charge >= 0.3 is 0 Å². The summed E-state index contributed by atoms with van der Waals surface area (Å²) in [5, 5.41) is 2.98. The molecule has 3 N–H and O–H groups in total. The third-order valence-corrected chi connectivity index (χ3v) is 5.74. The Morgan fingerprint density at radius 2 is 2.03 bits per heavy atom. The number of nitrogens with one attached hydrogen (secondary N) is 1. The Bertz CT molecular complexity index is 1020. The van der Waals surface area contributed by atoms with Gasteiger partial charge in [0.2, 0.25) is 11.8 Å². The molecule has 4 rings (SSSR count). The van der Waals surface area contributed by atoms with Crippen LogP contribution in [0.5, 0.6) is 0 Å². The van der Waals surface area contributed by atoms with Gasteiger partial charge < -0.3 is 15.5 Å². The van der Waals surface area contributed by atoms with E-state index in [1.165, 1.54) is 5.56 Å². The number of benzene rings is 1. The molecule has 2 unspecified atom stereocenters. The van der Waals surface area contributed by atoms with Crippen molar-refractivity contribution in [2.45, 2.75) is 37.9 Å². The van der Waals surface area contributed by atoms with E-state index in [2.05, 4.69) is 22.4 Å². The maximum Gasteiger partial charge on any atom is 0.237 e. The van der Waals surface area contributed by atoms with Gasteiger partial charge in [0.15, 0.2) is 0 Å². The number of imidazole rings is 1. The number of carbonyl (C=O) groups excluding carboxylic acids is 2. The molecule has 1 aliphatic rings. The van der Waals surface area contributed by atoms with Crippen LogP contribution in [0.4, 0.5) is 0 Å². The molecule has 2 aromatic heterocycles. The highest BCUT2D eigenvalue weighted by Gasteiger charge is 2.40. The number of hydrogen-bond donors (Lipinski definition) is 2. The lowest BCUT2D eigenvalue weighted by atomic mass is 9.96. The third-order valence-electron chi connectivity index (χ3n) is 5.74. The summed E-state index contributed by atoms with van der Waals surface area (Å²) in [7, 11) is 0. The summed E-state index contributed by atoms with van der Waals surface area (Å²) in [5.41, 5.74) is 8.63. The molecule has 3 aromatic rings. The number of fused-ring (bicyclic) bond motifs is 1. The Morgan fingerprint density at radius 3 is 2.79 bits per heavy atom. The lowest BCUT2D eigenvalue weighted by Gasteiger charge is -2.28. The van der Waals surface area contributed by atoms with Crippen molar-refractivity contribution in [3.8, 4) is 0 Å². The van der Waals surface area contributed by atoms with Gasteiger partial charge in [-0.3, -0.25) is 14.5 Å². The first kappa shape index (κ1) is 19.1. The Hall–Kier alpha value is -3.19. The van der Waals surface area contributed by atoms with Crippen LogP contribution in [0.3, 0.4) is 0 Å². The number of nitrogens with zero attached hydrogens (tertiary/aromatic N) is 3. The molecule has 7 nitrogen and oxygen atoms in total. The van der Waals surface area contributed by atoms with Gasteiger partial charge in [0, 0.05) is 31.7 Å². The Kier molecular flexibility index (Phi) is 5.31. The zero-order chi connectivity index (χ0) is 20.4. The smallest absolute Gasteiger partial charge is 0.237 e. The predicted octanol–water partition coefficient (Wildman–Crippen LogP) is 1.68. The largest absolute Gasteiger partial charge is 0.368 e. The Labute approximate surface area is 169 Å². The minimum atomic E-state index is -0.448. The lowest BCUT2D eigenvalue weighted by molar-refractivity contribution is -0.129. The van der Waals surface area contributed by atoms with Gasteiger partial charge in [-0.15, -0.1) is 0 Å². The average molecular weight is 391 g/mol. The summed E-state index contributed by atoms with van der Waals surface area (Å²) >= 11 is 0. The van der Waals surface area contributed by atoms with Crippen LogP contribution in [0, 0.1) is 0 Å². The molecule has 1 aromatic carbocycles. The highest BCUT2D eigenvalue weighted by atomic mass is 16.2. The van der Waals surface area contributed by atoms with E-state index >= 15 is 0 Å². The second-order valence-corrected chi connectivity index (χ2v) is 7.58. The second kappa shape index (κ2) is 8.05. The molecule has 150 valence electrons. The lowest BCUT2D eigenvalue weighted by Crippen LogP contribution is -2.51. The van der Waals surface area contributed by atoms with Crippen LogP contribution in [0.1, 0.15) is 30.4 Å². The SMILES string of the molecule is C[C@@H](C(=O)NCc1ccn2ccnc2c1)N1CC(c2ccccc2)CC1C(N)=O. The van der Waals surface area contributed by atoms with E-state index in [1.807, 2.05) is 58.9 Å². The van der Waals surface area contributed by atoms with Gasteiger partial charge in [-0.05, 0) is 42.5 Å². The third kappa shape index (κ3) is 4.00. The zero-order valence-electron chi connectivity index (χ0n) is 16.4. The van der Waals surface area contributed by atoms with Crippen molar-refractivity contribution in [3.63, 3.8) is 0 Å². The van der Waals surface area contributed by atoms with Crippen LogP contribution in [-0.4, -0.2) is 44.7 Å². The highest BCUT2D eigenvalue weighted by molar-refractivity contribution is 5.84. The van der Waals surface area contributed by atoms with Crippen molar-refractivity contribution in [3.05, 3.63) is 72.2 Å². The van der Waals surface area contributed by atoms with Crippen LogP contribution in [-0.2, 0) is 16.1 Å².